The Hall–Kier alpha value is -4.23. The van der Waals surface area contributed by atoms with E-state index in [9.17, 15) is 18.0 Å². The molecule has 2 aliphatic rings. The molecule has 39 heavy (non-hydrogen) atoms. The van der Waals surface area contributed by atoms with E-state index in [2.05, 4.69) is 31.0 Å². The number of aromatic nitrogens is 4. The van der Waals surface area contributed by atoms with Crippen LogP contribution in [0, 0.1) is 0 Å². The second-order valence-corrected chi connectivity index (χ2v) is 9.15. The Morgan fingerprint density at radius 1 is 1.10 bits per heavy atom. The number of nitrogens with one attached hydrogen (secondary N) is 3. The van der Waals surface area contributed by atoms with Crippen molar-refractivity contribution in [1.29, 1.82) is 0 Å². The largest absolute Gasteiger partial charge is 0.385 e. The van der Waals surface area contributed by atoms with Gasteiger partial charge in [-0.05, 0) is 12.1 Å². The lowest BCUT2D eigenvalue weighted by atomic mass is 10.0. The zero-order chi connectivity index (χ0) is 27.1. The first-order chi connectivity index (χ1) is 18.9. The first kappa shape index (κ1) is 25.1. The maximum absolute atomic E-state index is 14.4. The van der Waals surface area contributed by atoms with Gasteiger partial charge in [0, 0.05) is 42.5 Å². The predicted octanol–water partition coefficient (Wildman–Crippen LogP) is 4.40. The van der Waals surface area contributed by atoms with Crippen molar-refractivity contribution in [2.75, 3.05) is 30.9 Å². The summed E-state index contributed by atoms with van der Waals surface area (Å²) in [4.78, 5) is 21.3. The van der Waals surface area contributed by atoms with Gasteiger partial charge in [-0.25, -0.2) is 22.7 Å². The number of pyridine rings is 1. The van der Waals surface area contributed by atoms with Crippen molar-refractivity contribution in [1.82, 2.24) is 24.9 Å². The second-order valence-electron chi connectivity index (χ2n) is 9.15. The first-order valence-electron chi connectivity index (χ1n) is 12.3. The quantitative estimate of drug-likeness (QED) is 0.302. The fraction of sp³-hybridized carbons (Fsp3) is 0.308. The molecule has 0 spiro atoms. The van der Waals surface area contributed by atoms with Gasteiger partial charge in [-0.3, -0.25) is 9.78 Å². The van der Waals surface area contributed by atoms with Crippen molar-refractivity contribution in [2.45, 2.75) is 31.3 Å². The van der Waals surface area contributed by atoms with E-state index in [0.29, 0.717) is 35.8 Å². The Morgan fingerprint density at radius 2 is 1.90 bits per heavy atom. The van der Waals surface area contributed by atoms with E-state index in [-0.39, 0.29) is 34.7 Å². The summed E-state index contributed by atoms with van der Waals surface area (Å²) in [6, 6.07) is 9.17. The van der Waals surface area contributed by atoms with Crippen LogP contribution in [-0.2, 0) is 9.47 Å². The fourth-order valence-electron chi connectivity index (χ4n) is 4.45. The lowest BCUT2D eigenvalue weighted by molar-refractivity contribution is -0.0443. The summed E-state index contributed by atoms with van der Waals surface area (Å²) in [5.74, 6) is -0.343. The molecule has 3 aromatic heterocycles. The molecule has 3 N–H and O–H groups in total. The van der Waals surface area contributed by atoms with E-state index >= 15 is 0 Å². The number of carbonyl (C=O) groups is 1. The molecule has 2 fully saturated rings. The summed E-state index contributed by atoms with van der Waals surface area (Å²) in [5.41, 5.74) is 2.11. The number of hydrogen-bond acceptors (Lipinski definition) is 8. The molecule has 1 aliphatic heterocycles. The number of anilines is 3. The van der Waals surface area contributed by atoms with Gasteiger partial charge in [-0.1, -0.05) is 18.2 Å². The zero-order valence-electron chi connectivity index (χ0n) is 20.7. The number of nitrogens with zero attached hydrogens (tertiary/aromatic N) is 4. The van der Waals surface area contributed by atoms with Gasteiger partial charge in [-0.15, -0.1) is 5.10 Å². The number of amides is 1. The summed E-state index contributed by atoms with van der Waals surface area (Å²) in [5, 5.41) is 13.0. The Bertz CT molecular complexity index is 1520. The number of rotatable bonds is 8. The third-order valence-electron chi connectivity index (χ3n) is 6.54. The zero-order valence-corrected chi connectivity index (χ0v) is 20.7. The SMILES string of the molecule is CNc1cc(Nc2cccc(-c3ccc(C4OCCO4)cn3)c2C(F)F)nn2c(C(=O)N[C@@H]3C[C@@H]3F)cnc12. The van der Waals surface area contributed by atoms with E-state index in [1.807, 2.05) is 0 Å². The number of halogens is 3. The van der Waals surface area contributed by atoms with Crippen molar-refractivity contribution in [2.24, 2.45) is 0 Å². The number of alkyl halides is 3. The highest BCUT2D eigenvalue weighted by Crippen LogP contribution is 2.38. The average molecular weight is 540 g/mol. The average Bonchev–Trinajstić information content (AvgIpc) is 3.32. The maximum atomic E-state index is 14.4. The Kier molecular flexibility index (Phi) is 6.53. The Morgan fingerprint density at radius 3 is 2.56 bits per heavy atom. The molecule has 1 saturated carbocycles. The first-order valence-corrected chi connectivity index (χ1v) is 12.3. The molecule has 0 unspecified atom stereocenters. The molecular weight excluding hydrogens is 515 g/mol. The van der Waals surface area contributed by atoms with Crippen LogP contribution in [0.4, 0.5) is 30.4 Å². The summed E-state index contributed by atoms with van der Waals surface area (Å²) in [7, 11) is 1.66. The molecule has 1 aromatic carbocycles. The molecule has 6 rings (SSSR count). The number of carbonyl (C=O) groups excluding carboxylic acids is 1. The summed E-state index contributed by atoms with van der Waals surface area (Å²) in [6.45, 7) is 0.962. The molecule has 1 amide bonds. The van der Waals surface area contributed by atoms with Gasteiger partial charge in [0.2, 0.25) is 0 Å². The van der Waals surface area contributed by atoms with Crippen LogP contribution in [0.25, 0.3) is 16.9 Å². The third kappa shape index (κ3) is 4.86. The lowest BCUT2D eigenvalue weighted by Gasteiger charge is -2.17. The monoisotopic (exact) mass is 539 g/mol. The molecule has 2 atom stereocenters. The van der Waals surface area contributed by atoms with Gasteiger partial charge in [0.15, 0.2) is 23.4 Å². The van der Waals surface area contributed by atoms with Crippen molar-refractivity contribution in [3.8, 4) is 11.3 Å². The number of benzene rings is 1. The number of hydrogen-bond donors (Lipinski definition) is 3. The highest BCUT2D eigenvalue weighted by Gasteiger charge is 2.39. The maximum Gasteiger partial charge on any atom is 0.271 e. The van der Waals surface area contributed by atoms with Crippen LogP contribution in [0.2, 0.25) is 0 Å². The molecular formula is C26H24F3N7O3. The standard InChI is InChI=1S/C26H24F3N7O3/c1-30-19-10-21(35-36-20(12-32-24(19)36)25(37)34-18-9-15(18)27)33-17-4-2-3-14(22(17)23(28)29)16-6-5-13(11-31-16)26-38-7-8-39-26/h2-6,10-12,15,18,23,26,30H,7-9H2,1H3,(H,33,35)(H,34,37)/t15-,18+/m0/s1. The van der Waals surface area contributed by atoms with Crippen LogP contribution in [0.5, 0.6) is 0 Å². The van der Waals surface area contributed by atoms with Crippen molar-refractivity contribution in [3.63, 3.8) is 0 Å². The molecule has 1 saturated heterocycles. The van der Waals surface area contributed by atoms with Gasteiger partial charge in [0.1, 0.15) is 6.17 Å². The van der Waals surface area contributed by atoms with Crippen molar-refractivity contribution >= 4 is 28.7 Å². The van der Waals surface area contributed by atoms with Crippen molar-refractivity contribution < 1.29 is 27.4 Å². The van der Waals surface area contributed by atoms with Gasteiger partial charge in [0.25, 0.3) is 12.3 Å². The number of fused-ring (bicyclic) bond motifs is 1. The minimum absolute atomic E-state index is 0.0894. The van der Waals surface area contributed by atoms with E-state index < -0.39 is 30.8 Å². The minimum Gasteiger partial charge on any atom is -0.385 e. The van der Waals surface area contributed by atoms with Gasteiger partial charge in [-0.2, -0.15) is 0 Å². The number of ether oxygens (including phenoxy) is 2. The van der Waals surface area contributed by atoms with Gasteiger partial charge >= 0.3 is 0 Å². The van der Waals surface area contributed by atoms with Crippen LogP contribution in [0.3, 0.4) is 0 Å². The smallest absolute Gasteiger partial charge is 0.271 e. The van der Waals surface area contributed by atoms with Crippen LogP contribution in [0.1, 0.15) is 40.8 Å². The van der Waals surface area contributed by atoms with Crippen molar-refractivity contribution in [3.05, 3.63) is 65.6 Å². The summed E-state index contributed by atoms with van der Waals surface area (Å²) in [6.07, 6.45) is -1.28. The van der Waals surface area contributed by atoms with E-state index in [1.54, 1.807) is 43.6 Å². The summed E-state index contributed by atoms with van der Waals surface area (Å²) < 4.78 is 54.4. The fourth-order valence-corrected chi connectivity index (χ4v) is 4.45. The molecule has 10 nitrogen and oxygen atoms in total. The Labute approximate surface area is 220 Å². The van der Waals surface area contributed by atoms with E-state index in [4.69, 9.17) is 9.47 Å². The highest BCUT2D eigenvalue weighted by molar-refractivity contribution is 5.94. The van der Waals surface area contributed by atoms with E-state index in [0.717, 1.165) is 0 Å². The van der Waals surface area contributed by atoms with Crippen LogP contribution in [-0.4, -0.2) is 58.0 Å². The molecule has 0 radical (unpaired) electrons. The highest BCUT2D eigenvalue weighted by atomic mass is 19.3. The van der Waals surface area contributed by atoms with Gasteiger partial charge < -0.3 is 25.4 Å². The summed E-state index contributed by atoms with van der Waals surface area (Å²) >= 11 is 0. The molecule has 0 bridgehead atoms. The van der Waals surface area contributed by atoms with Crippen LogP contribution in [0.15, 0.2) is 48.8 Å². The molecule has 202 valence electrons. The molecule has 4 aromatic rings. The molecule has 13 heteroatoms. The van der Waals surface area contributed by atoms with Gasteiger partial charge in [0.05, 0.1) is 42.4 Å². The third-order valence-corrected chi connectivity index (χ3v) is 6.54. The second kappa shape index (κ2) is 10.2. The topological polar surface area (TPSA) is 115 Å². The number of imidazole rings is 1. The Balaban J connectivity index is 1.34. The van der Waals surface area contributed by atoms with Crippen LogP contribution >= 0.6 is 0 Å². The van der Waals surface area contributed by atoms with E-state index in [1.165, 1.54) is 16.8 Å². The normalized spacial score (nSPS) is 19.0. The predicted molar refractivity (Wildman–Crippen MR) is 136 cm³/mol. The minimum atomic E-state index is -2.83. The molecule has 4 heterocycles. The molecule has 1 aliphatic carbocycles. The lowest BCUT2D eigenvalue weighted by Crippen LogP contribution is -2.28. The van der Waals surface area contributed by atoms with Crippen LogP contribution < -0.4 is 16.0 Å².